The van der Waals surface area contributed by atoms with Crippen LogP contribution >= 0.6 is 12.4 Å². The molecule has 1 heterocycles. The Morgan fingerprint density at radius 1 is 1.44 bits per heavy atom. The van der Waals surface area contributed by atoms with Gasteiger partial charge in [0.1, 0.15) is 5.75 Å². The Morgan fingerprint density at radius 3 is 2.83 bits per heavy atom. The molecule has 100 valence electrons. The lowest BCUT2D eigenvalue weighted by atomic mass is 10.1. The lowest BCUT2D eigenvalue weighted by Crippen LogP contribution is -2.51. The van der Waals surface area contributed by atoms with Gasteiger partial charge in [0, 0.05) is 25.7 Å². The highest BCUT2D eigenvalue weighted by Crippen LogP contribution is 2.19. The molecule has 1 atom stereocenters. The molecule has 1 fully saturated rings. The number of nitrogens with zero attached hydrogens (tertiary/aromatic N) is 1. The number of rotatable bonds is 2. The Balaban J connectivity index is 0.00000162. The molecule has 1 unspecified atom stereocenters. The number of carbonyl (C=O) groups excluding carboxylic acids is 1. The zero-order valence-corrected chi connectivity index (χ0v) is 11.5. The Labute approximate surface area is 114 Å². The van der Waals surface area contributed by atoms with Crippen molar-refractivity contribution in [3.63, 3.8) is 0 Å². The van der Waals surface area contributed by atoms with Gasteiger partial charge in [0.05, 0.1) is 12.7 Å². The van der Waals surface area contributed by atoms with E-state index in [9.17, 15) is 4.79 Å². The maximum absolute atomic E-state index is 12.3. The highest BCUT2D eigenvalue weighted by Gasteiger charge is 2.23. The van der Waals surface area contributed by atoms with E-state index in [-0.39, 0.29) is 18.3 Å². The monoisotopic (exact) mass is 270 g/mol. The van der Waals surface area contributed by atoms with Crippen molar-refractivity contribution in [2.45, 2.75) is 13.0 Å². The molecule has 1 saturated heterocycles. The van der Waals surface area contributed by atoms with Crippen LogP contribution in [0.15, 0.2) is 24.3 Å². The second-order valence-electron chi connectivity index (χ2n) is 4.31. The first kappa shape index (κ1) is 14.8. The molecule has 1 aliphatic rings. The van der Waals surface area contributed by atoms with Crippen LogP contribution in [0.25, 0.3) is 0 Å². The summed E-state index contributed by atoms with van der Waals surface area (Å²) in [5.74, 6) is 0.694. The maximum Gasteiger partial charge on any atom is 0.257 e. The summed E-state index contributed by atoms with van der Waals surface area (Å²) in [7, 11) is 1.59. The van der Waals surface area contributed by atoms with E-state index in [0.717, 1.165) is 19.6 Å². The molecule has 0 saturated carbocycles. The van der Waals surface area contributed by atoms with Crippen LogP contribution in [0.5, 0.6) is 5.75 Å². The fourth-order valence-electron chi connectivity index (χ4n) is 2.11. The van der Waals surface area contributed by atoms with Crippen molar-refractivity contribution >= 4 is 18.3 Å². The van der Waals surface area contributed by atoms with Crippen molar-refractivity contribution in [2.75, 3.05) is 26.7 Å². The average molecular weight is 271 g/mol. The van der Waals surface area contributed by atoms with Crippen molar-refractivity contribution in [1.29, 1.82) is 0 Å². The zero-order chi connectivity index (χ0) is 12.3. The number of halogens is 1. The summed E-state index contributed by atoms with van der Waals surface area (Å²) in [6.45, 7) is 4.43. The molecule has 0 spiro atoms. The minimum absolute atomic E-state index is 0. The summed E-state index contributed by atoms with van der Waals surface area (Å²) in [6.07, 6.45) is 0. The van der Waals surface area contributed by atoms with E-state index in [1.54, 1.807) is 7.11 Å². The van der Waals surface area contributed by atoms with Gasteiger partial charge in [0.15, 0.2) is 0 Å². The summed E-state index contributed by atoms with van der Waals surface area (Å²) in [6, 6.07) is 7.71. The van der Waals surface area contributed by atoms with Gasteiger partial charge in [0.25, 0.3) is 5.91 Å². The van der Waals surface area contributed by atoms with Crippen LogP contribution < -0.4 is 10.1 Å². The smallest absolute Gasteiger partial charge is 0.257 e. The number of hydrogen-bond acceptors (Lipinski definition) is 3. The molecule has 1 N–H and O–H groups in total. The van der Waals surface area contributed by atoms with Gasteiger partial charge in [0.2, 0.25) is 0 Å². The van der Waals surface area contributed by atoms with Gasteiger partial charge in [-0.05, 0) is 19.1 Å². The van der Waals surface area contributed by atoms with Gasteiger partial charge in [-0.3, -0.25) is 4.79 Å². The molecule has 1 aromatic rings. The molecule has 0 bridgehead atoms. The highest BCUT2D eigenvalue weighted by atomic mass is 35.5. The first-order chi connectivity index (χ1) is 8.22. The van der Waals surface area contributed by atoms with E-state index < -0.39 is 0 Å². The van der Waals surface area contributed by atoms with Gasteiger partial charge >= 0.3 is 0 Å². The summed E-state index contributed by atoms with van der Waals surface area (Å²) >= 11 is 0. The lowest BCUT2D eigenvalue weighted by molar-refractivity contribution is 0.0705. The standard InChI is InChI=1S/C13H18N2O2.ClH/c1-10-9-15(8-7-14-10)13(16)11-5-3-4-6-12(11)17-2;/h3-6,10,14H,7-9H2,1-2H3;1H. The minimum atomic E-state index is 0. The minimum Gasteiger partial charge on any atom is -0.496 e. The first-order valence-electron chi connectivity index (χ1n) is 5.88. The number of hydrogen-bond donors (Lipinski definition) is 1. The summed E-state index contributed by atoms with van der Waals surface area (Å²) in [5, 5.41) is 3.32. The van der Waals surface area contributed by atoms with Crippen molar-refractivity contribution in [2.24, 2.45) is 0 Å². The van der Waals surface area contributed by atoms with E-state index in [1.165, 1.54) is 0 Å². The number of amides is 1. The molecule has 1 amide bonds. The fraction of sp³-hybridized carbons (Fsp3) is 0.462. The number of para-hydroxylation sites is 1. The third-order valence-corrected chi connectivity index (χ3v) is 2.99. The van der Waals surface area contributed by atoms with Crippen molar-refractivity contribution < 1.29 is 9.53 Å². The van der Waals surface area contributed by atoms with E-state index >= 15 is 0 Å². The maximum atomic E-state index is 12.3. The van der Waals surface area contributed by atoms with Gasteiger partial charge in [-0.25, -0.2) is 0 Å². The van der Waals surface area contributed by atoms with Gasteiger partial charge < -0.3 is 15.0 Å². The molecule has 0 radical (unpaired) electrons. The number of piperazine rings is 1. The van der Waals surface area contributed by atoms with Crippen molar-refractivity contribution in [3.05, 3.63) is 29.8 Å². The summed E-state index contributed by atoms with van der Waals surface area (Å²) < 4.78 is 5.22. The number of nitrogens with one attached hydrogen (secondary N) is 1. The van der Waals surface area contributed by atoms with Crippen LogP contribution in [0.1, 0.15) is 17.3 Å². The zero-order valence-electron chi connectivity index (χ0n) is 10.7. The van der Waals surface area contributed by atoms with E-state index in [0.29, 0.717) is 17.4 Å². The van der Waals surface area contributed by atoms with E-state index in [4.69, 9.17) is 4.74 Å². The van der Waals surface area contributed by atoms with E-state index in [2.05, 4.69) is 12.2 Å². The lowest BCUT2D eigenvalue weighted by Gasteiger charge is -2.32. The number of methoxy groups -OCH3 is 1. The third kappa shape index (κ3) is 3.15. The van der Waals surface area contributed by atoms with Crippen molar-refractivity contribution in [1.82, 2.24) is 10.2 Å². The highest BCUT2D eigenvalue weighted by molar-refractivity contribution is 5.97. The molecule has 0 aromatic heterocycles. The second-order valence-corrected chi connectivity index (χ2v) is 4.31. The Kier molecular flexibility index (Phi) is 5.44. The molecular weight excluding hydrogens is 252 g/mol. The average Bonchev–Trinajstić information content (AvgIpc) is 2.38. The number of ether oxygens (including phenoxy) is 1. The molecule has 0 aliphatic carbocycles. The van der Waals surface area contributed by atoms with Crippen LogP contribution in [0.2, 0.25) is 0 Å². The molecule has 4 nitrogen and oxygen atoms in total. The van der Waals surface area contributed by atoms with E-state index in [1.807, 2.05) is 29.2 Å². The molecule has 5 heteroatoms. The molecule has 1 aromatic carbocycles. The molecule has 1 aliphatic heterocycles. The predicted molar refractivity (Wildman–Crippen MR) is 73.6 cm³/mol. The molecule has 2 rings (SSSR count). The second kappa shape index (κ2) is 6.61. The normalized spacial score (nSPS) is 19.0. The van der Waals surface area contributed by atoms with Crippen molar-refractivity contribution in [3.8, 4) is 5.75 Å². The quantitative estimate of drug-likeness (QED) is 0.887. The third-order valence-electron chi connectivity index (χ3n) is 2.99. The largest absolute Gasteiger partial charge is 0.496 e. The Morgan fingerprint density at radius 2 is 2.17 bits per heavy atom. The Hall–Kier alpha value is -1.26. The van der Waals surface area contributed by atoms with Crippen LogP contribution in [-0.2, 0) is 0 Å². The number of benzene rings is 1. The summed E-state index contributed by atoms with van der Waals surface area (Å²) in [5.41, 5.74) is 0.643. The fourth-order valence-corrected chi connectivity index (χ4v) is 2.11. The summed E-state index contributed by atoms with van der Waals surface area (Å²) in [4.78, 5) is 14.2. The Bertz CT molecular complexity index is 412. The van der Waals surface area contributed by atoms with Crippen LogP contribution in [0.4, 0.5) is 0 Å². The molecule has 18 heavy (non-hydrogen) atoms. The molecular formula is C13H19ClN2O2. The van der Waals surface area contributed by atoms with Gasteiger partial charge in [-0.2, -0.15) is 0 Å². The SMILES string of the molecule is COc1ccccc1C(=O)N1CCNC(C)C1.Cl. The van der Waals surface area contributed by atoms with Crippen LogP contribution in [0.3, 0.4) is 0 Å². The van der Waals surface area contributed by atoms with Gasteiger partial charge in [-0.15, -0.1) is 12.4 Å². The van der Waals surface area contributed by atoms with Crippen LogP contribution in [-0.4, -0.2) is 43.6 Å². The number of carbonyl (C=O) groups is 1. The van der Waals surface area contributed by atoms with Crippen LogP contribution in [0, 0.1) is 0 Å². The predicted octanol–water partition coefficient (Wildman–Crippen LogP) is 1.55. The first-order valence-corrected chi connectivity index (χ1v) is 5.88. The van der Waals surface area contributed by atoms with Gasteiger partial charge in [-0.1, -0.05) is 12.1 Å². The topological polar surface area (TPSA) is 41.6 Å².